The van der Waals surface area contributed by atoms with Crippen molar-refractivity contribution in [1.82, 2.24) is 4.90 Å². The summed E-state index contributed by atoms with van der Waals surface area (Å²) in [5.74, 6) is -0.331. The molecule has 0 radical (unpaired) electrons. The van der Waals surface area contributed by atoms with Gasteiger partial charge in [0, 0.05) is 24.6 Å². The fourth-order valence-corrected chi connectivity index (χ4v) is 2.17. The summed E-state index contributed by atoms with van der Waals surface area (Å²) in [5.41, 5.74) is 0.481. The number of halogens is 2. The van der Waals surface area contributed by atoms with Gasteiger partial charge in [-0.15, -0.1) is 0 Å². The standard InChI is InChI=1S/C12H13ClFNO/c1-8-5-6-11(16)15(8)7-9-3-2-4-10(13)12(9)14/h2-4,8H,5-7H2,1H3. The largest absolute Gasteiger partial charge is 0.336 e. The maximum absolute atomic E-state index is 13.6. The number of carbonyl (C=O) groups excluding carboxylic acids is 1. The predicted octanol–water partition coefficient (Wildman–Crippen LogP) is 2.99. The zero-order valence-corrected chi connectivity index (χ0v) is 9.80. The van der Waals surface area contributed by atoms with Crippen LogP contribution in [0.3, 0.4) is 0 Å². The average molecular weight is 242 g/mol. The van der Waals surface area contributed by atoms with Crippen LogP contribution >= 0.6 is 11.6 Å². The quantitative estimate of drug-likeness (QED) is 0.780. The Kier molecular flexibility index (Phi) is 3.15. The van der Waals surface area contributed by atoms with Crippen LogP contribution in [0.1, 0.15) is 25.3 Å². The SMILES string of the molecule is CC1CCC(=O)N1Cc1cccc(Cl)c1F. The number of carbonyl (C=O) groups is 1. The average Bonchev–Trinajstić information content (AvgIpc) is 2.56. The third kappa shape index (κ3) is 2.05. The maximum Gasteiger partial charge on any atom is 0.223 e. The first-order valence-electron chi connectivity index (χ1n) is 5.32. The van der Waals surface area contributed by atoms with E-state index < -0.39 is 5.82 Å². The minimum atomic E-state index is -0.420. The molecule has 0 saturated carbocycles. The van der Waals surface area contributed by atoms with Crippen molar-refractivity contribution in [2.45, 2.75) is 32.4 Å². The van der Waals surface area contributed by atoms with E-state index in [0.29, 0.717) is 18.5 Å². The van der Waals surface area contributed by atoms with E-state index >= 15 is 0 Å². The van der Waals surface area contributed by atoms with Crippen LogP contribution in [0.2, 0.25) is 5.02 Å². The molecule has 1 unspecified atom stereocenters. The Bertz CT molecular complexity index is 421. The van der Waals surface area contributed by atoms with Crippen LogP contribution in [0.25, 0.3) is 0 Å². The van der Waals surface area contributed by atoms with Gasteiger partial charge in [-0.3, -0.25) is 4.79 Å². The van der Waals surface area contributed by atoms with Gasteiger partial charge in [0.1, 0.15) is 5.82 Å². The minimum absolute atomic E-state index is 0.0897. The van der Waals surface area contributed by atoms with Gasteiger partial charge in [-0.25, -0.2) is 4.39 Å². The molecule has 1 aliphatic heterocycles. The van der Waals surface area contributed by atoms with Crippen LogP contribution in [0.4, 0.5) is 4.39 Å². The highest BCUT2D eigenvalue weighted by Gasteiger charge is 2.28. The summed E-state index contributed by atoms with van der Waals surface area (Å²) in [6.07, 6.45) is 1.41. The molecule has 1 aromatic rings. The molecule has 0 N–H and O–H groups in total. The molecule has 1 aromatic carbocycles. The lowest BCUT2D eigenvalue weighted by molar-refractivity contribution is -0.129. The van der Waals surface area contributed by atoms with E-state index in [0.717, 1.165) is 6.42 Å². The van der Waals surface area contributed by atoms with Crippen molar-refractivity contribution in [3.63, 3.8) is 0 Å². The summed E-state index contributed by atoms with van der Waals surface area (Å²) in [5, 5.41) is 0.108. The number of hydrogen-bond donors (Lipinski definition) is 0. The van der Waals surface area contributed by atoms with E-state index in [4.69, 9.17) is 11.6 Å². The molecule has 1 heterocycles. The van der Waals surface area contributed by atoms with Crippen LogP contribution < -0.4 is 0 Å². The van der Waals surface area contributed by atoms with Crippen LogP contribution in [-0.4, -0.2) is 16.8 Å². The van der Waals surface area contributed by atoms with E-state index in [2.05, 4.69) is 0 Å². The number of nitrogens with zero attached hydrogens (tertiary/aromatic N) is 1. The predicted molar refractivity (Wildman–Crippen MR) is 60.7 cm³/mol. The molecule has 1 atom stereocenters. The van der Waals surface area contributed by atoms with Gasteiger partial charge in [0.05, 0.1) is 5.02 Å². The smallest absolute Gasteiger partial charge is 0.223 e. The van der Waals surface area contributed by atoms with Gasteiger partial charge in [0.15, 0.2) is 0 Å². The first kappa shape index (κ1) is 11.4. The lowest BCUT2D eigenvalue weighted by Crippen LogP contribution is -2.30. The summed E-state index contributed by atoms with van der Waals surface area (Å²) >= 11 is 5.69. The van der Waals surface area contributed by atoms with E-state index in [1.165, 1.54) is 6.07 Å². The summed E-state index contributed by atoms with van der Waals surface area (Å²) in [4.78, 5) is 13.3. The van der Waals surface area contributed by atoms with E-state index in [-0.39, 0.29) is 17.0 Å². The van der Waals surface area contributed by atoms with Gasteiger partial charge in [-0.2, -0.15) is 0 Å². The van der Waals surface area contributed by atoms with Crippen molar-refractivity contribution in [3.05, 3.63) is 34.6 Å². The van der Waals surface area contributed by atoms with Gasteiger partial charge in [-0.1, -0.05) is 23.7 Å². The molecule has 0 aromatic heterocycles. The topological polar surface area (TPSA) is 20.3 Å². The third-order valence-corrected chi connectivity index (χ3v) is 3.29. The number of likely N-dealkylation sites (tertiary alicyclic amines) is 1. The Morgan fingerprint density at radius 3 is 2.94 bits per heavy atom. The number of hydrogen-bond acceptors (Lipinski definition) is 1. The molecule has 0 spiro atoms. The molecule has 4 heteroatoms. The van der Waals surface area contributed by atoms with Crippen molar-refractivity contribution in [2.75, 3.05) is 0 Å². The van der Waals surface area contributed by atoms with Crippen molar-refractivity contribution in [2.24, 2.45) is 0 Å². The second kappa shape index (κ2) is 4.42. The molecular weight excluding hydrogens is 229 g/mol. The Hall–Kier alpha value is -1.09. The fourth-order valence-electron chi connectivity index (χ4n) is 1.98. The van der Waals surface area contributed by atoms with Gasteiger partial charge < -0.3 is 4.90 Å². The lowest BCUT2D eigenvalue weighted by atomic mass is 10.2. The van der Waals surface area contributed by atoms with Gasteiger partial charge >= 0.3 is 0 Å². The van der Waals surface area contributed by atoms with Crippen molar-refractivity contribution in [1.29, 1.82) is 0 Å². The second-order valence-corrected chi connectivity index (χ2v) is 4.53. The lowest BCUT2D eigenvalue weighted by Gasteiger charge is -2.22. The maximum atomic E-state index is 13.6. The number of rotatable bonds is 2. The number of benzene rings is 1. The van der Waals surface area contributed by atoms with Gasteiger partial charge in [0.25, 0.3) is 0 Å². The third-order valence-electron chi connectivity index (χ3n) is 3.00. The molecule has 2 rings (SSSR count). The second-order valence-electron chi connectivity index (χ2n) is 4.12. The van der Waals surface area contributed by atoms with Gasteiger partial charge in [-0.05, 0) is 19.4 Å². The van der Waals surface area contributed by atoms with Crippen molar-refractivity contribution < 1.29 is 9.18 Å². The Morgan fingerprint density at radius 2 is 2.31 bits per heavy atom. The van der Waals surface area contributed by atoms with Crippen molar-refractivity contribution >= 4 is 17.5 Å². The molecule has 1 saturated heterocycles. The zero-order chi connectivity index (χ0) is 11.7. The van der Waals surface area contributed by atoms with E-state index in [1.54, 1.807) is 17.0 Å². The Labute approximate surface area is 99.0 Å². The van der Waals surface area contributed by atoms with Crippen LogP contribution in [0.15, 0.2) is 18.2 Å². The normalized spacial score (nSPS) is 20.6. The summed E-state index contributed by atoms with van der Waals surface area (Å²) in [7, 11) is 0. The first-order chi connectivity index (χ1) is 7.59. The first-order valence-corrected chi connectivity index (χ1v) is 5.69. The molecule has 1 fully saturated rings. The molecule has 16 heavy (non-hydrogen) atoms. The zero-order valence-electron chi connectivity index (χ0n) is 9.04. The van der Waals surface area contributed by atoms with E-state index in [1.807, 2.05) is 6.92 Å². The molecule has 2 nitrogen and oxygen atoms in total. The molecule has 0 aliphatic carbocycles. The minimum Gasteiger partial charge on any atom is -0.336 e. The molecular formula is C12H13ClFNO. The van der Waals surface area contributed by atoms with Crippen LogP contribution in [-0.2, 0) is 11.3 Å². The highest BCUT2D eigenvalue weighted by atomic mass is 35.5. The fraction of sp³-hybridized carbons (Fsp3) is 0.417. The van der Waals surface area contributed by atoms with E-state index in [9.17, 15) is 9.18 Å². The summed E-state index contributed by atoms with van der Waals surface area (Å²) in [6.45, 7) is 2.29. The molecule has 1 aliphatic rings. The molecule has 86 valence electrons. The Morgan fingerprint density at radius 1 is 1.56 bits per heavy atom. The monoisotopic (exact) mass is 241 g/mol. The summed E-state index contributed by atoms with van der Waals surface area (Å²) < 4.78 is 13.6. The highest BCUT2D eigenvalue weighted by molar-refractivity contribution is 6.30. The van der Waals surface area contributed by atoms with Crippen molar-refractivity contribution in [3.8, 4) is 0 Å². The molecule has 1 amide bonds. The summed E-state index contributed by atoms with van der Waals surface area (Å²) in [6, 6.07) is 5.06. The van der Waals surface area contributed by atoms with Crippen LogP contribution in [0.5, 0.6) is 0 Å². The number of amides is 1. The van der Waals surface area contributed by atoms with Gasteiger partial charge in [0.2, 0.25) is 5.91 Å². The Balaban J connectivity index is 2.20. The highest BCUT2D eigenvalue weighted by Crippen LogP contribution is 2.24. The van der Waals surface area contributed by atoms with Crippen LogP contribution in [0, 0.1) is 5.82 Å². The molecule has 0 bridgehead atoms.